The van der Waals surface area contributed by atoms with Crippen LogP contribution < -0.4 is 10.4 Å². The van der Waals surface area contributed by atoms with Gasteiger partial charge in [0.1, 0.15) is 6.61 Å². The van der Waals surface area contributed by atoms with Gasteiger partial charge in [0.2, 0.25) is 5.88 Å². The normalized spacial score (nSPS) is 10.4. The Bertz CT molecular complexity index is 783. The Balaban J connectivity index is 1.68. The number of ether oxygens (including phenoxy) is 1. The van der Waals surface area contributed by atoms with E-state index in [9.17, 15) is 4.79 Å². The van der Waals surface area contributed by atoms with Crippen LogP contribution in [0.15, 0.2) is 77.7 Å². The van der Waals surface area contributed by atoms with E-state index in [0.29, 0.717) is 19.0 Å². The molecular weight excluding hydrogens is 276 g/mol. The van der Waals surface area contributed by atoms with Gasteiger partial charge in [-0.2, -0.15) is 4.98 Å². The van der Waals surface area contributed by atoms with E-state index >= 15 is 0 Å². The van der Waals surface area contributed by atoms with Crippen molar-refractivity contribution in [3.63, 3.8) is 0 Å². The van der Waals surface area contributed by atoms with Crippen LogP contribution in [0.5, 0.6) is 5.88 Å². The Morgan fingerprint density at radius 3 is 2.14 bits per heavy atom. The molecule has 110 valence electrons. The van der Waals surface area contributed by atoms with Crippen molar-refractivity contribution in [2.45, 2.75) is 13.2 Å². The van der Waals surface area contributed by atoms with Crippen LogP contribution in [0.25, 0.3) is 0 Å². The maximum Gasteiger partial charge on any atom is 0.351 e. The van der Waals surface area contributed by atoms with Gasteiger partial charge in [0, 0.05) is 12.3 Å². The maximum atomic E-state index is 12.0. The summed E-state index contributed by atoms with van der Waals surface area (Å²) in [5.74, 6) is 0.346. The van der Waals surface area contributed by atoms with Crippen molar-refractivity contribution in [2.24, 2.45) is 0 Å². The van der Waals surface area contributed by atoms with Gasteiger partial charge in [-0.05, 0) is 11.1 Å². The van der Waals surface area contributed by atoms with E-state index in [2.05, 4.69) is 4.98 Å². The van der Waals surface area contributed by atoms with Gasteiger partial charge in [0.15, 0.2) is 0 Å². The predicted octanol–water partition coefficient (Wildman–Crippen LogP) is 2.87. The molecule has 0 saturated carbocycles. The van der Waals surface area contributed by atoms with Gasteiger partial charge in [-0.15, -0.1) is 0 Å². The highest BCUT2D eigenvalue weighted by molar-refractivity contribution is 5.17. The molecule has 0 atom stereocenters. The van der Waals surface area contributed by atoms with Gasteiger partial charge < -0.3 is 4.74 Å². The molecule has 4 heteroatoms. The SMILES string of the molecule is O=c1nc(OCc2ccccc2)ccn1Cc1ccccc1. The molecule has 0 unspecified atom stereocenters. The number of benzene rings is 2. The van der Waals surface area contributed by atoms with Crippen LogP contribution in [0, 0.1) is 0 Å². The molecule has 22 heavy (non-hydrogen) atoms. The molecule has 0 aliphatic carbocycles. The van der Waals surface area contributed by atoms with Crippen molar-refractivity contribution in [3.05, 3.63) is 94.5 Å². The smallest absolute Gasteiger partial charge is 0.351 e. The topological polar surface area (TPSA) is 44.1 Å². The van der Waals surface area contributed by atoms with Gasteiger partial charge in [0.05, 0.1) is 6.54 Å². The first-order valence-corrected chi connectivity index (χ1v) is 7.09. The molecule has 0 aliphatic heterocycles. The molecule has 0 N–H and O–H groups in total. The lowest BCUT2D eigenvalue weighted by Gasteiger charge is -2.08. The standard InChI is InChI=1S/C18H16N2O2/c21-18-19-17(22-14-16-9-5-2-6-10-16)11-12-20(18)13-15-7-3-1-4-8-15/h1-12H,13-14H2. The molecule has 0 aliphatic rings. The van der Waals surface area contributed by atoms with Crippen LogP contribution in [0.4, 0.5) is 0 Å². The largest absolute Gasteiger partial charge is 0.473 e. The summed E-state index contributed by atoms with van der Waals surface area (Å²) >= 11 is 0. The van der Waals surface area contributed by atoms with E-state index in [0.717, 1.165) is 11.1 Å². The fourth-order valence-corrected chi connectivity index (χ4v) is 2.13. The average Bonchev–Trinajstić information content (AvgIpc) is 2.57. The number of nitrogens with zero attached hydrogens (tertiary/aromatic N) is 2. The van der Waals surface area contributed by atoms with Gasteiger partial charge >= 0.3 is 5.69 Å². The summed E-state index contributed by atoms with van der Waals surface area (Å²) in [5.41, 5.74) is 1.79. The van der Waals surface area contributed by atoms with E-state index in [1.54, 1.807) is 16.8 Å². The Morgan fingerprint density at radius 1 is 0.864 bits per heavy atom. The van der Waals surface area contributed by atoms with Crippen LogP contribution in [0.1, 0.15) is 11.1 Å². The molecule has 0 radical (unpaired) electrons. The van der Waals surface area contributed by atoms with Gasteiger partial charge in [-0.1, -0.05) is 60.7 Å². The third kappa shape index (κ3) is 3.61. The first kappa shape index (κ1) is 14.1. The molecule has 3 aromatic rings. The third-order valence-electron chi connectivity index (χ3n) is 3.27. The zero-order valence-corrected chi connectivity index (χ0v) is 12.1. The number of rotatable bonds is 5. The number of aromatic nitrogens is 2. The number of hydrogen-bond acceptors (Lipinski definition) is 3. The molecule has 3 rings (SSSR count). The minimum Gasteiger partial charge on any atom is -0.473 e. The van der Waals surface area contributed by atoms with Gasteiger partial charge in [0.25, 0.3) is 0 Å². The summed E-state index contributed by atoms with van der Waals surface area (Å²) < 4.78 is 7.11. The summed E-state index contributed by atoms with van der Waals surface area (Å²) in [4.78, 5) is 16.0. The molecule has 0 saturated heterocycles. The van der Waals surface area contributed by atoms with Crippen molar-refractivity contribution in [1.29, 1.82) is 0 Å². The Kier molecular flexibility index (Phi) is 4.30. The Morgan fingerprint density at radius 2 is 1.50 bits per heavy atom. The van der Waals surface area contributed by atoms with Crippen LogP contribution in [0.3, 0.4) is 0 Å². The van der Waals surface area contributed by atoms with Crippen LogP contribution in [0.2, 0.25) is 0 Å². The second-order valence-electron chi connectivity index (χ2n) is 4.94. The van der Waals surface area contributed by atoms with E-state index < -0.39 is 0 Å². The predicted molar refractivity (Wildman–Crippen MR) is 84.8 cm³/mol. The van der Waals surface area contributed by atoms with E-state index in [1.165, 1.54) is 0 Å². The molecule has 1 aromatic heterocycles. The zero-order chi connectivity index (χ0) is 15.2. The van der Waals surface area contributed by atoms with Crippen LogP contribution in [-0.4, -0.2) is 9.55 Å². The summed E-state index contributed by atoms with van der Waals surface area (Å²) in [6, 6.07) is 21.3. The average molecular weight is 292 g/mol. The minimum absolute atomic E-state index is 0.311. The molecule has 4 nitrogen and oxygen atoms in total. The highest BCUT2D eigenvalue weighted by Crippen LogP contribution is 2.07. The van der Waals surface area contributed by atoms with Crippen molar-refractivity contribution in [1.82, 2.24) is 9.55 Å². The highest BCUT2D eigenvalue weighted by Gasteiger charge is 2.02. The minimum atomic E-state index is -0.311. The second kappa shape index (κ2) is 6.72. The molecule has 0 fully saturated rings. The molecule has 0 bridgehead atoms. The monoisotopic (exact) mass is 292 g/mol. The van der Waals surface area contributed by atoms with E-state index in [1.807, 2.05) is 60.7 Å². The van der Waals surface area contributed by atoms with Gasteiger partial charge in [-0.3, -0.25) is 4.57 Å². The fraction of sp³-hybridized carbons (Fsp3) is 0.111. The lowest BCUT2D eigenvalue weighted by molar-refractivity contribution is 0.291. The third-order valence-corrected chi connectivity index (χ3v) is 3.27. The van der Waals surface area contributed by atoms with Crippen molar-refractivity contribution < 1.29 is 4.74 Å². The molecule has 1 heterocycles. The molecular formula is C18H16N2O2. The Labute approximate surface area is 128 Å². The summed E-state index contributed by atoms with van der Waals surface area (Å²) in [7, 11) is 0. The molecule has 0 amide bonds. The fourth-order valence-electron chi connectivity index (χ4n) is 2.13. The summed E-state index contributed by atoms with van der Waals surface area (Å²) in [5, 5.41) is 0. The zero-order valence-electron chi connectivity index (χ0n) is 12.1. The van der Waals surface area contributed by atoms with Gasteiger partial charge in [-0.25, -0.2) is 4.79 Å². The summed E-state index contributed by atoms with van der Waals surface area (Å²) in [6.07, 6.45) is 1.71. The quantitative estimate of drug-likeness (QED) is 0.726. The first-order valence-electron chi connectivity index (χ1n) is 7.09. The van der Waals surface area contributed by atoms with E-state index in [-0.39, 0.29) is 5.69 Å². The lowest BCUT2D eigenvalue weighted by atomic mass is 10.2. The molecule has 0 spiro atoms. The summed E-state index contributed by atoms with van der Waals surface area (Å²) in [6.45, 7) is 0.904. The lowest BCUT2D eigenvalue weighted by Crippen LogP contribution is -2.23. The van der Waals surface area contributed by atoms with Crippen LogP contribution in [-0.2, 0) is 13.2 Å². The first-order chi connectivity index (χ1) is 10.8. The highest BCUT2D eigenvalue weighted by atomic mass is 16.5. The van der Waals surface area contributed by atoms with Crippen molar-refractivity contribution in [2.75, 3.05) is 0 Å². The number of hydrogen-bond donors (Lipinski definition) is 0. The van der Waals surface area contributed by atoms with Crippen molar-refractivity contribution in [3.8, 4) is 5.88 Å². The maximum absolute atomic E-state index is 12.0. The van der Waals surface area contributed by atoms with Crippen LogP contribution >= 0.6 is 0 Å². The molecule has 2 aromatic carbocycles. The van der Waals surface area contributed by atoms with Crippen molar-refractivity contribution >= 4 is 0 Å². The van der Waals surface area contributed by atoms with E-state index in [4.69, 9.17) is 4.74 Å². The second-order valence-corrected chi connectivity index (χ2v) is 4.94. The Hall–Kier alpha value is -2.88.